The normalized spacial score (nSPS) is 10.3. The molecule has 0 radical (unpaired) electrons. The van der Waals surface area contributed by atoms with E-state index in [-0.39, 0.29) is 24.9 Å². The van der Waals surface area contributed by atoms with Crippen LogP contribution in [0, 0.1) is 24.0 Å². The minimum Gasteiger partial charge on any atom is -0.358 e. The van der Waals surface area contributed by atoms with E-state index in [0.29, 0.717) is 5.82 Å². The Balaban J connectivity index is 1.89. The maximum Gasteiger partial charge on any atom is 0.342 e. The van der Waals surface area contributed by atoms with Gasteiger partial charge in [-0.2, -0.15) is 0 Å². The molecule has 0 bridgehead atoms. The number of aromatic nitrogens is 2. The molecule has 8 nitrogen and oxygen atoms in total. The van der Waals surface area contributed by atoms with E-state index in [2.05, 4.69) is 15.6 Å². The fourth-order valence-electron chi connectivity index (χ4n) is 2.04. The highest BCUT2D eigenvalue weighted by molar-refractivity contribution is 5.89. The number of amides is 2. The highest BCUT2D eigenvalue weighted by atomic mass is 16.6. The van der Waals surface area contributed by atoms with Crippen LogP contribution in [0.15, 0.2) is 30.5 Å². The Morgan fingerprint density at radius 3 is 2.77 bits per heavy atom. The van der Waals surface area contributed by atoms with E-state index in [1.807, 2.05) is 25.1 Å². The summed E-state index contributed by atoms with van der Waals surface area (Å²) in [5.74, 6) is 0.450. The quantitative estimate of drug-likeness (QED) is 0.653. The fourth-order valence-corrected chi connectivity index (χ4v) is 2.04. The maximum atomic E-state index is 11.8. The van der Waals surface area contributed by atoms with Gasteiger partial charge in [0.2, 0.25) is 0 Å². The van der Waals surface area contributed by atoms with Crippen LogP contribution in [0.3, 0.4) is 0 Å². The Morgan fingerprint density at radius 1 is 1.36 bits per heavy atom. The number of benzene rings is 1. The lowest BCUT2D eigenvalue weighted by atomic mass is 10.2. The summed E-state index contributed by atoms with van der Waals surface area (Å²) < 4.78 is 1.45. The lowest BCUT2D eigenvalue weighted by molar-refractivity contribution is -0.392. The van der Waals surface area contributed by atoms with Gasteiger partial charge < -0.3 is 20.7 Å². The summed E-state index contributed by atoms with van der Waals surface area (Å²) in [5, 5.41) is 16.3. The number of rotatable bonds is 5. The second-order valence-corrected chi connectivity index (χ2v) is 4.77. The van der Waals surface area contributed by atoms with Crippen LogP contribution in [-0.4, -0.2) is 27.1 Å². The Hall–Kier alpha value is -2.90. The van der Waals surface area contributed by atoms with Crippen molar-refractivity contribution in [2.45, 2.75) is 20.4 Å². The third kappa shape index (κ3) is 3.60. The minimum atomic E-state index is -0.493. The van der Waals surface area contributed by atoms with Gasteiger partial charge >= 0.3 is 11.8 Å². The number of carbonyl (C=O) groups is 1. The summed E-state index contributed by atoms with van der Waals surface area (Å²) in [7, 11) is 0. The first-order valence-electron chi connectivity index (χ1n) is 6.76. The molecule has 0 saturated carbocycles. The number of para-hydroxylation sites is 1. The number of nitrogens with one attached hydrogen (secondary N) is 2. The third-order valence-corrected chi connectivity index (χ3v) is 3.24. The van der Waals surface area contributed by atoms with Gasteiger partial charge in [0.05, 0.1) is 6.54 Å². The molecule has 0 atom stereocenters. The predicted octanol–water partition coefficient (Wildman–Crippen LogP) is 2.23. The van der Waals surface area contributed by atoms with Crippen LogP contribution in [-0.2, 0) is 6.54 Å². The van der Waals surface area contributed by atoms with Gasteiger partial charge in [0, 0.05) is 12.6 Å². The van der Waals surface area contributed by atoms with Crippen LogP contribution in [0.4, 0.5) is 16.3 Å². The molecule has 0 aliphatic heterocycles. The number of hydrogen-bond donors (Lipinski definition) is 2. The molecule has 0 aliphatic carbocycles. The summed E-state index contributed by atoms with van der Waals surface area (Å²) in [4.78, 5) is 26.1. The topological polar surface area (TPSA) is 102 Å². The zero-order valence-electron chi connectivity index (χ0n) is 12.4. The van der Waals surface area contributed by atoms with E-state index in [4.69, 9.17) is 0 Å². The number of nitro groups is 1. The molecule has 116 valence electrons. The highest BCUT2D eigenvalue weighted by Crippen LogP contribution is 2.13. The van der Waals surface area contributed by atoms with Gasteiger partial charge in [-0.05, 0) is 23.5 Å². The molecular weight excluding hydrogens is 286 g/mol. The van der Waals surface area contributed by atoms with Crippen LogP contribution < -0.4 is 10.6 Å². The van der Waals surface area contributed by atoms with Crippen molar-refractivity contribution < 1.29 is 9.72 Å². The van der Waals surface area contributed by atoms with E-state index in [1.165, 1.54) is 10.8 Å². The van der Waals surface area contributed by atoms with Gasteiger partial charge in [-0.15, -0.1) is 0 Å². The fraction of sp³-hybridized carbons (Fsp3) is 0.286. The van der Waals surface area contributed by atoms with Crippen LogP contribution in [0.2, 0.25) is 0 Å². The smallest absolute Gasteiger partial charge is 0.342 e. The number of aryl methyl sites for hydroxylation is 2. The van der Waals surface area contributed by atoms with Crippen molar-refractivity contribution in [3.05, 3.63) is 52.0 Å². The van der Waals surface area contributed by atoms with E-state index >= 15 is 0 Å². The molecule has 2 rings (SSSR count). The van der Waals surface area contributed by atoms with Crippen LogP contribution in [0.5, 0.6) is 0 Å². The molecule has 1 aromatic carbocycles. The second kappa shape index (κ2) is 6.70. The molecule has 2 amide bonds. The summed E-state index contributed by atoms with van der Waals surface area (Å²) >= 11 is 0. The van der Waals surface area contributed by atoms with Gasteiger partial charge in [0.15, 0.2) is 5.82 Å². The molecule has 2 aromatic rings. The highest BCUT2D eigenvalue weighted by Gasteiger charge is 2.16. The number of imidazole rings is 1. The number of carbonyl (C=O) groups excluding carboxylic acids is 1. The molecule has 8 heteroatoms. The minimum absolute atomic E-state index is 0.0846. The van der Waals surface area contributed by atoms with Gasteiger partial charge in [0.25, 0.3) is 0 Å². The van der Waals surface area contributed by atoms with E-state index in [0.717, 1.165) is 11.3 Å². The number of anilines is 1. The zero-order chi connectivity index (χ0) is 16.1. The van der Waals surface area contributed by atoms with Crippen LogP contribution in [0.1, 0.15) is 11.4 Å². The first-order chi connectivity index (χ1) is 10.5. The lowest BCUT2D eigenvalue weighted by Gasteiger charge is -2.09. The SMILES string of the molecule is Cc1ccccc1NC(=O)NCCn1c([N+](=O)[O-])cnc1C. The molecule has 2 N–H and O–H groups in total. The van der Waals surface area contributed by atoms with Gasteiger partial charge in [-0.25, -0.2) is 14.3 Å². The first-order valence-corrected chi connectivity index (χ1v) is 6.76. The summed E-state index contributed by atoms with van der Waals surface area (Å²) in [6.07, 6.45) is 1.21. The van der Waals surface area contributed by atoms with Crippen LogP contribution >= 0.6 is 0 Å². The van der Waals surface area contributed by atoms with Crippen molar-refractivity contribution in [3.63, 3.8) is 0 Å². The molecule has 0 spiro atoms. The van der Waals surface area contributed by atoms with Gasteiger partial charge in [-0.3, -0.25) is 0 Å². The van der Waals surface area contributed by atoms with Gasteiger partial charge in [-0.1, -0.05) is 18.2 Å². The van der Waals surface area contributed by atoms with Crippen molar-refractivity contribution in [2.24, 2.45) is 0 Å². The average Bonchev–Trinajstić information content (AvgIpc) is 2.83. The Bertz CT molecular complexity index is 696. The van der Waals surface area contributed by atoms with Crippen molar-refractivity contribution in [3.8, 4) is 0 Å². The lowest BCUT2D eigenvalue weighted by Crippen LogP contribution is -2.32. The van der Waals surface area contributed by atoms with E-state index in [1.54, 1.807) is 13.0 Å². The number of nitrogens with zero attached hydrogens (tertiary/aromatic N) is 3. The third-order valence-electron chi connectivity index (χ3n) is 3.24. The predicted molar refractivity (Wildman–Crippen MR) is 81.8 cm³/mol. The van der Waals surface area contributed by atoms with Crippen LogP contribution in [0.25, 0.3) is 0 Å². The Kier molecular flexibility index (Phi) is 4.72. The monoisotopic (exact) mass is 303 g/mol. The van der Waals surface area contributed by atoms with Crippen molar-refractivity contribution in [2.75, 3.05) is 11.9 Å². The number of urea groups is 1. The van der Waals surface area contributed by atoms with E-state index in [9.17, 15) is 14.9 Å². The Morgan fingerprint density at radius 2 is 2.09 bits per heavy atom. The molecule has 22 heavy (non-hydrogen) atoms. The molecule has 0 saturated heterocycles. The Labute approximate surface area is 127 Å². The van der Waals surface area contributed by atoms with E-state index < -0.39 is 4.92 Å². The van der Waals surface area contributed by atoms with Gasteiger partial charge in [0.1, 0.15) is 12.7 Å². The first kappa shape index (κ1) is 15.5. The second-order valence-electron chi connectivity index (χ2n) is 4.77. The molecule has 0 unspecified atom stereocenters. The maximum absolute atomic E-state index is 11.8. The molecule has 0 fully saturated rings. The summed E-state index contributed by atoms with van der Waals surface area (Å²) in [5.41, 5.74) is 1.68. The largest absolute Gasteiger partial charge is 0.358 e. The molecule has 1 heterocycles. The summed E-state index contributed by atoms with van der Waals surface area (Å²) in [6.45, 7) is 4.12. The average molecular weight is 303 g/mol. The standard InChI is InChI=1S/C14H17N5O3/c1-10-5-3-4-6-12(10)17-14(20)15-7-8-18-11(2)16-9-13(18)19(21)22/h3-6,9H,7-8H2,1-2H3,(H2,15,17,20). The molecule has 1 aromatic heterocycles. The molecular formula is C14H17N5O3. The zero-order valence-corrected chi connectivity index (χ0v) is 12.4. The van der Waals surface area contributed by atoms with Crippen molar-refractivity contribution in [1.82, 2.24) is 14.9 Å². The number of hydrogen-bond acceptors (Lipinski definition) is 4. The van der Waals surface area contributed by atoms with Crippen molar-refractivity contribution >= 4 is 17.5 Å². The van der Waals surface area contributed by atoms with Crippen molar-refractivity contribution in [1.29, 1.82) is 0 Å². The summed E-state index contributed by atoms with van der Waals surface area (Å²) in [6, 6.07) is 7.07. The molecule has 0 aliphatic rings.